The van der Waals surface area contributed by atoms with Crippen LogP contribution in [0.3, 0.4) is 0 Å². The van der Waals surface area contributed by atoms with Crippen LogP contribution in [0.2, 0.25) is 0 Å². The Hall–Kier alpha value is -2.89. The van der Waals surface area contributed by atoms with Crippen molar-refractivity contribution in [3.05, 3.63) is 23.8 Å². The highest BCUT2D eigenvalue weighted by Crippen LogP contribution is 2.27. The van der Waals surface area contributed by atoms with Crippen LogP contribution in [0.25, 0.3) is 0 Å². The Morgan fingerprint density at radius 1 is 0.824 bits per heavy atom. The number of benzene rings is 1. The third-order valence-electron chi connectivity index (χ3n) is 5.02. The maximum Gasteiger partial charge on any atom is 0.229 e. The Balaban J connectivity index is 2.00. The third kappa shape index (κ3) is 9.54. The van der Waals surface area contributed by atoms with Gasteiger partial charge in [-0.3, -0.25) is 0 Å². The summed E-state index contributed by atoms with van der Waals surface area (Å²) >= 11 is 0. The quantitative estimate of drug-likeness (QED) is 0.236. The van der Waals surface area contributed by atoms with E-state index in [1.807, 2.05) is 18.2 Å². The zero-order valence-corrected chi connectivity index (χ0v) is 20.7. The van der Waals surface area contributed by atoms with Crippen LogP contribution in [0.4, 0.5) is 17.8 Å². The van der Waals surface area contributed by atoms with Crippen molar-refractivity contribution in [2.24, 2.45) is 5.73 Å². The molecule has 0 atom stereocenters. The SMILES string of the molecule is CCC(CC)Nc1nc(NCCOCCOCCN)nc(NCc2ccc(OC)c(OC)c2)n1. The summed E-state index contributed by atoms with van der Waals surface area (Å²) in [4.78, 5) is 13.6. The number of hydrogen-bond donors (Lipinski definition) is 4. The van der Waals surface area contributed by atoms with Gasteiger partial charge in [-0.25, -0.2) is 0 Å². The summed E-state index contributed by atoms with van der Waals surface area (Å²) in [7, 11) is 3.23. The molecule has 0 aliphatic heterocycles. The van der Waals surface area contributed by atoms with Crippen molar-refractivity contribution in [2.45, 2.75) is 39.3 Å². The Kier molecular flexibility index (Phi) is 12.8. The van der Waals surface area contributed by atoms with E-state index in [0.29, 0.717) is 75.4 Å². The topological polar surface area (TPSA) is 138 Å². The van der Waals surface area contributed by atoms with Crippen molar-refractivity contribution in [1.29, 1.82) is 0 Å². The van der Waals surface area contributed by atoms with E-state index < -0.39 is 0 Å². The number of rotatable bonds is 18. The molecule has 0 aliphatic carbocycles. The molecule has 11 heteroatoms. The molecule has 34 heavy (non-hydrogen) atoms. The molecule has 0 fully saturated rings. The average Bonchev–Trinajstić information content (AvgIpc) is 2.87. The smallest absolute Gasteiger partial charge is 0.229 e. The first-order valence-corrected chi connectivity index (χ1v) is 11.7. The molecule has 0 amide bonds. The molecule has 0 radical (unpaired) electrons. The molecule has 0 spiro atoms. The minimum atomic E-state index is 0.283. The van der Waals surface area contributed by atoms with Gasteiger partial charge in [0.05, 0.1) is 40.6 Å². The molecule has 2 aromatic rings. The zero-order valence-electron chi connectivity index (χ0n) is 20.7. The number of nitrogens with two attached hydrogens (primary N) is 1. The third-order valence-corrected chi connectivity index (χ3v) is 5.02. The van der Waals surface area contributed by atoms with Crippen molar-refractivity contribution in [2.75, 3.05) is 69.7 Å². The van der Waals surface area contributed by atoms with Gasteiger partial charge in [-0.1, -0.05) is 19.9 Å². The van der Waals surface area contributed by atoms with Crippen molar-refractivity contribution in [3.8, 4) is 11.5 Å². The second kappa shape index (κ2) is 15.9. The minimum Gasteiger partial charge on any atom is -0.493 e. The van der Waals surface area contributed by atoms with Crippen LogP contribution in [0, 0.1) is 0 Å². The van der Waals surface area contributed by atoms with Gasteiger partial charge in [0.15, 0.2) is 11.5 Å². The number of anilines is 3. The second-order valence-electron chi connectivity index (χ2n) is 7.45. The van der Waals surface area contributed by atoms with Gasteiger partial charge in [0, 0.05) is 25.7 Å². The Morgan fingerprint density at radius 2 is 1.47 bits per heavy atom. The maximum atomic E-state index is 5.55. The van der Waals surface area contributed by atoms with E-state index in [-0.39, 0.29) is 6.04 Å². The molecule has 11 nitrogen and oxygen atoms in total. The van der Waals surface area contributed by atoms with Gasteiger partial charge in [0.25, 0.3) is 0 Å². The van der Waals surface area contributed by atoms with Crippen molar-refractivity contribution >= 4 is 17.8 Å². The zero-order chi connectivity index (χ0) is 24.6. The molecular formula is C23H39N7O4. The van der Waals surface area contributed by atoms with E-state index in [9.17, 15) is 0 Å². The average molecular weight is 478 g/mol. The van der Waals surface area contributed by atoms with E-state index in [4.69, 9.17) is 24.7 Å². The van der Waals surface area contributed by atoms with Gasteiger partial charge in [-0.15, -0.1) is 0 Å². The normalized spacial score (nSPS) is 10.9. The van der Waals surface area contributed by atoms with E-state index in [1.165, 1.54) is 0 Å². The van der Waals surface area contributed by atoms with Gasteiger partial charge < -0.3 is 40.6 Å². The Morgan fingerprint density at radius 3 is 2.12 bits per heavy atom. The lowest BCUT2D eigenvalue weighted by Crippen LogP contribution is -2.21. The minimum absolute atomic E-state index is 0.283. The van der Waals surface area contributed by atoms with E-state index in [2.05, 4.69) is 44.7 Å². The number of nitrogens with zero attached hydrogens (tertiary/aromatic N) is 3. The van der Waals surface area contributed by atoms with E-state index in [0.717, 1.165) is 18.4 Å². The van der Waals surface area contributed by atoms with Crippen molar-refractivity contribution < 1.29 is 18.9 Å². The van der Waals surface area contributed by atoms with Gasteiger partial charge >= 0.3 is 0 Å². The first-order chi connectivity index (χ1) is 16.6. The predicted octanol–water partition coefficient (Wildman–Crippen LogP) is 2.51. The fourth-order valence-corrected chi connectivity index (χ4v) is 3.09. The molecule has 0 bridgehead atoms. The summed E-state index contributed by atoms with van der Waals surface area (Å²) in [6, 6.07) is 6.04. The number of nitrogens with one attached hydrogen (secondary N) is 3. The summed E-state index contributed by atoms with van der Waals surface area (Å²) in [6.07, 6.45) is 1.94. The molecule has 5 N–H and O–H groups in total. The second-order valence-corrected chi connectivity index (χ2v) is 7.45. The van der Waals surface area contributed by atoms with Gasteiger partial charge in [-0.2, -0.15) is 15.0 Å². The van der Waals surface area contributed by atoms with Crippen LogP contribution in [0.15, 0.2) is 18.2 Å². The summed E-state index contributed by atoms with van der Waals surface area (Å²) in [6.45, 7) is 7.92. The number of hydrogen-bond acceptors (Lipinski definition) is 11. The first kappa shape index (κ1) is 27.4. The maximum absolute atomic E-state index is 5.55. The Bertz CT molecular complexity index is 837. The molecule has 0 saturated heterocycles. The predicted molar refractivity (Wildman–Crippen MR) is 134 cm³/mol. The van der Waals surface area contributed by atoms with Crippen LogP contribution in [-0.2, 0) is 16.0 Å². The van der Waals surface area contributed by atoms with Gasteiger partial charge in [-0.05, 0) is 30.5 Å². The fraction of sp³-hybridized carbons (Fsp3) is 0.609. The summed E-state index contributed by atoms with van der Waals surface area (Å²) in [5, 5.41) is 9.86. The number of aromatic nitrogens is 3. The molecule has 1 aromatic heterocycles. The molecule has 1 aromatic carbocycles. The van der Waals surface area contributed by atoms with Crippen molar-refractivity contribution in [1.82, 2.24) is 15.0 Å². The number of ether oxygens (including phenoxy) is 4. The highest BCUT2D eigenvalue weighted by Gasteiger charge is 2.11. The lowest BCUT2D eigenvalue weighted by Gasteiger charge is -2.16. The van der Waals surface area contributed by atoms with Gasteiger partial charge in [0.2, 0.25) is 17.8 Å². The highest BCUT2D eigenvalue weighted by atomic mass is 16.5. The monoisotopic (exact) mass is 477 g/mol. The van der Waals surface area contributed by atoms with Crippen LogP contribution in [0.5, 0.6) is 11.5 Å². The lowest BCUT2D eigenvalue weighted by molar-refractivity contribution is 0.0547. The molecular weight excluding hydrogens is 438 g/mol. The molecule has 2 rings (SSSR count). The highest BCUT2D eigenvalue weighted by molar-refractivity contribution is 5.46. The van der Waals surface area contributed by atoms with E-state index >= 15 is 0 Å². The molecule has 0 aliphatic rings. The van der Waals surface area contributed by atoms with E-state index in [1.54, 1.807) is 14.2 Å². The van der Waals surface area contributed by atoms with Crippen LogP contribution in [0.1, 0.15) is 32.3 Å². The largest absolute Gasteiger partial charge is 0.493 e. The lowest BCUT2D eigenvalue weighted by atomic mass is 10.2. The summed E-state index contributed by atoms with van der Waals surface area (Å²) in [5.41, 5.74) is 6.40. The van der Waals surface area contributed by atoms with Crippen LogP contribution in [-0.4, -0.2) is 74.7 Å². The van der Waals surface area contributed by atoms with Crippen LogP contribution >= 0.6 is 0 Å². The van der Waals surface area contributed by atoms with Crippen molar-refractivity contribution in [3.63, 3.8) is 0 Å². The fourth-order valence-electron chi connectivity index (χ4n) is 3.09. The number of methoxy groups -OCH3 is 2. The molecule has 190 valence electrons. The summed E-state index contributed by atoms with van der Waals surface area (Å²) in [5.74, 6) is 2.82. The molecule has 0 unspecified atom stereocenters. The molecule has 0 saturated carbocycles. The molecule has 1 heterocycles. The van der Waals surface area contributed by atoms with Crippen LogP contribution < -0.4 is 31.2 Å². The summed E-state index contributed by atoms with van der Waals surface area (Å²) < 4.78 is 21.5. The standard InChI is InChI=1S/C23H39N7O4/c1-5-18(6-2)27-23-29-21(25-10-12-34-14-13-33-11-9-24)28-22(30-23)26-16-17-7-8-19(31-3)20(15-17)32-4/h7-8,15,18H,5-6,9-14,16,24H2,1-4H3,(H3,25,26,27,28,29,30). The first-order valence-electron chi connectivity index (χ1n) is 11.7. The Labute approximate surface area is 202 Å². The van der Waals surface area contributed by atoms with Gasteiger partial charge in [0.1, 0.15) is 0 Å².